The summed E-state index contributed by atoms with van der Waals surface area (Å²) in [5.74, 6) is -0.205. The summed E-state index contributed by atoms with van der Waals surface area (Å²) in [5, 5.41) is 14.8. The largest absolute Gasteiger partial charge is 0.354 e. The summed E-state index contributed by atoms with van der Waals surface area (Å²) in [7, 11) is 0. The number of nitriles is 1. The average molecular weight is 373 g/mol. The van der Waals surface area contributed by atoms with Gasteiger partial charge in [-0.2, -0.15) is 5.26 Å². The molecule has 1 heterocycles. The second kappa shape index (κ2) is 7.06. The average Bonchev–Trinajstić information content (AvgIpc) is 3.01. The number of thiophene rings is 1. The SMILES string of the molecule is N#Cc1ccccc1Nc1ccc(C(=O)c2sccc2Cl)c(Cl)c1. The van der Waals surface area contributed by atoms with E-state index < -0.39 is 0 Å². The summed E-state index contributed by atoms with van der Waals surface area (Å²) in [5.41, 5.74) is 2.28. The van der Waals surface area contributed by atoms with Gasteiger partial charge in [-0.05, 0) is 41.8 Å². The van der Waals surface area contributed by atoms with Crippen LogP contribution >= 0.6 is 34.5 Å². The van der Waals surface area contributed by atoms with E-state index in [0.29, 0.717) is 37.4 Å². The van der Waals surface area contributed by atoms with Crippen LogP contribution in [0.15, 0.2) is 53.9 Å². The fourth-order valence-electron chi connectivity index (χ4n) is 2.20. The lowest BCUT2D eigenvalue weighted by Crippen LogP contribution is -2.01. The van der Waals surface area contributed by atoms with Crippen molar-refractivity contribution in [3.05, 3.63) is 80.0 Å². The van der Waals surface area contributed by atoms with Crippen LogP contribution in [-0.2, 0) is 0 Å². The first-order valence-corrected chi connectivity index (χ1v) is 8.57. The highest BCUT2D eigenvalue weighted by atomic mass is 35.5. The van der Waals surface area contributed by atoms with Gasteiger partial charge in [0.15, 0.2) is 0 Å². The monoisotopic (exact) mass is 372 g/mol. The predicted molar refractivity (Wildman–Crippen MR) is 98.7 cm³/mol. The third kappa shape index (κ3) is 3.29. The minimum atomic E-state index is -0.205. The van der Waals surface area contributed by atoms with Gasteiger partial charge in [0.1, 0.15) is 6.07 Å². The zero-order valence-corrected chi connectivity index (χ0v) is 14.5. The van der Waals surface area contributed by atoms with E-state index in [9.17, 15) is 4.79 Å². The number of nitrogens with zero attached hydrogens (tertiary/aromatic N) is 1. The number of para-hydroxylation sites is 1. The van der Waals surface area contributed by atoms with Gasteiger partial charge in [0.05, 0.1) is 26.2 Å². The van der Waals surface area contributed by atoms with Crippen molar-refractivity contribution in [3.8, 4) is 6.07 Å². The zero-order valence-electron chi connectivity index (χ0n) is 12.2. The first kappa shape index (κ1) is 16.5. The molecule has 6 heteroatoms. The van der Waals surface area contributed by atoms with Crippen LogP contribution in [0.1, 0.15) is 20.8 Å². The number of anilines is 2. The number of carbonyl (C=O) groups excluding carboxylic acids is 1. The van der Waals surface area contributed by atoms with Gasteiger partial charge in [0.2, 0.25) is 5.78 Å². The second-order valence-electron chi connectivity index (χ2n) is 4.90. The maximum Gasteiger partial charge on any atom is 0.205 e. The van der Waals surface area contributed by atoms with Crippen LogP contribution in [-0.4, -0.2) is 5.78 Å². The minimum Gasteiger partial charge on any atom is -0.354 e. The summed E-state index contributed by atoms with van der Waals surface area (Å²) >= 11 is 13.6. The quantitative estimate of drug-likeness (QED) is 0.579. The third-order valence-electron chi connectivity index (χ3n) is 3.36. The molecule has 0 aliphatic rings. The van der Waals surface area contributed by atoms with Crippen molar-refractivity contribution in [2.75, 3.05) is 5.32 Å². The number of rotatable bonds is 4. The van der Waals surface area contributed by atoms with Crippen molar-refractivity contribution in [1.29, 1.82) is 5.26 Å². The Labute approximate surface area is 153 Å². The second-order valence-corrected chi connectivity index (χ2v) is 6.63. The summed E-state index contributed by atoms with van der Waals surface area (Å²) in [6.07, 6.45) is 0. The molecule has 3 nitrogen and oxygen atoms in total. The molecule has 0 saturated heterocycles. The molecule has 0 bridgehead atoms. The molecular formula is C18H10Cl2N2OS. The van der Waals surface area contributed by atoms with Crippen molar-refractivity contribution in [2.24, 2.45) is 0 Å². The van der Waals surface area contributed by atoms with Crippen LogP contribution in [0, 0.1) is 11.3 Å². The number of carbonyl (C=O) groups is 1. The van der Waals surface area contributed by atoms with E-state index in [4.69, 9.17) is 28.5 Å². The lowest BCUT2D eigenvalue weighted by molar-refractivity contribution is 0.104. The minimum absolute atomic E-state index is 0.205. The summed E-state index contributed by atoms with van der Waals surface area (Å²) < 4.78 is 0. The highest BCUT2D eigenvalue weighted by Gasteiger charge is 2.17. The molecule has 0 amide bonds. The van der Waals surface area contributed by atoms with Crippen molar-refractivity contribution >= 4 is 51.7 Å². The van der Waals surface area contributed by atoms with Gasteiger partial charge in [0.25, 0.3) is 0 Å². The molecule has 118 valence electrons. The number of halogens is 2. The smallest absolute Gasteiger partial charge is 0.205 e. The van der Waals surface area contributed by atoms with Gasteiger partial charge in [-0.1, -0.05) is 35.3 Å². The van der Waals surface area contributed by atoms with E-state index in [1.165, 1.54) is 11.3 Å². The zero-order chi connectivity index (χ0) is 17.1. The third-order valence-corrected chi connectivity index (χ3v) is 5.02. The van der Waals surface area contributed by atoms with Crippen LogP contribution < -0.4 is 5.32 Å². The Morgan fingerprint density at radius 1 is 1.08 bits per heavy atom. The molecule has 1 aromatic heterocycles. The van der Waals surface area contributed by atoms with Gasteiger partial charge in [-0.15, -0.1) is 11.3 Å². The molecule has 0 spiro atoms. The van der Waals surface area contributed by atoms with Crippen molar-refractivity contribution in [1.82, 2.24) is 0 Å². The van der Waals surface area contributed by atoms with E-state index in [1.807, 2.05) is 6.07 Å². The van der Waals surface area contributed by atoms with Gasteiger partial charge >= 0.3 is 0 Å². The first-order valence-electron chi connectivity index (χ1n) is 6.93. The topological polar surface area (TPSA) is 52.9 Å². The van der Waals surface area contributed by atoms with E-state index in [-0.39, 0.29) is 5.78 Å². The molecule has 0 aliphatic heterocycles. The number of nitrogens with one attached hydrogen (secondary N) is 1. The number of hydrogen-bond donors (Lipinski definition) is 1. The molecule has 24 heavy (non-hydrogen) atoms. The Morgan fingerprint density at radius 3 is 2.54 bits per heavy atom. The molecule has 1 N–H and O–H groups in total. The van der Waals surface area contributed by atoms with Crippen LogP contribution in [0.5, 0.6) is 0 Å². The molecule has 3 rings (SSSR count). The van der Waals surface area contributed by atoms with E-state index in [2.05, 4.69) is 11.4 Å². The molecule has 0 fully saturated rings. The lowest BCUT2D eigenvalue weighted by atomic mass is 10.1. The summed E-state index contributed by atoms with van der Waals surface area (Å²) in [6.45, 7) is 0. The highest BCUT2D eigenvalue weighted by molar-refractivity contribution is 7.13. The van der Waals surface area contributed by atoms with Gasteiger partial charge in [0, 0.05) is 11.3 Å². The Morgan fingerprint density at radius 2 is 1.88 bits per heavy atom. The maximum atomic E-state index is 12.5. The van der Waals surface area contributed by atoms with Gasteiger partial charge in [-0.25, -0.2) is 0 Å². The summed E-state index contributed by atoms with van der Waals surface area (Å²) in [4.78, 5) is 13.0. The lowest BCUT2D eigenvalue weighted by Gasteiger charge is -2.10. The Balaban J connectivity index is 1.89. The molecule has 0 radical (unpaired) electrons. The Hall–Kier alpha value is -2.32. The fraction of sp³-hybridized carbons (Fsp3) is 0. The highest BCUT2D eigenvalue weighted by Crippen LogP contribution is 2.30. The van der Waals surface area contributed by atoms with Crippen LogP contribution in [0.25, 0.3) is 0 Å². The standard InChI is InChI=1S/C18H10Cl2N2OS/c19-14-7-8-24-18(14)17(23)13-6-5-12(9-15(13)20)22-16-4-2-1-3-11(16)10-21/h1-9,22H. The van der Waals surface area contributed by atoms with Gasteiger partial charge in [-0.3, -0.25) is 4.79 Å². The number of benzene rings is 2. The van der Waals surface area contributed by atoms with Crippen molar-refractivity contribution in [3.63, 3.8) is 0 Å². The first-order chi connectivity index (χ1) is 11.6. The predicted octanol–water partition coefficient (Wildman–Crippen LogP) is 5.90. The number of ketones is 1. The van der Waals surface area contributed by atoms with Gasteiger partial charge < -0.3 is 5.32 Å². The molecule has 2 aromatic carbocycles. The normalized spacial score (nSPS) is 10.2. The number of hydrogen-bond acceptors (Lipinski definition) is 4. The Kier molecular flexibility index (Phi) is 4.86. The van der Waals surface area contributed by atoms with Crippen molar-refractivity contribution < 1.29 is 4.79 Å². The van der Waals surface area contributed by atoms with E-state index in [0.717, 1.165) is 0 Å². The van der Waals surface area contributed by atoms with Crippen LogP contribution in [0.3, 0.4) is 0 Å². The van der Waals surface area contributed by atoms with E-state index in [1.54, 1.807) is 47.8 Å². The van der Waals surface area contributed by atoms with Crippen LogP contribution in [0.4, 0.5) is 11.4 Å². The molecule has 0 atom stereocenters. The fourth-order valence-corrected chi connectivity index (χ4v) is 3.56. The van der Waals surface area contributed by atoms with Crippen LogP contribution in [0.2, 0.25) is 10.0 Å². The van der Waals surface area contributed by atoms with E-state index >= 15 is 0 Å². The molecule has 3 aromatic rings. The summed E-state index contributed by atoms with van der Waals surface area (Å²) in [6, 6.07) is 16.0. The molecule has 0 unspecified atom stereocenters. The maximum absolute atomic E-state index is 12.5. The molecule has 0 saturated carbocycles. The Bertz CT molecular complexity index is 960. The van der Waals surface area contributed by atoms with Crippen molar-refractivity contribution in [2.45, 2.75) is 0 Å². The molecular weight excluding hydrogens is 363 g/mol. The molecule has 0 aliphatic carbocycles.